The molecule has 3 aromatic heterocycles. The Morgan fingerprint density at radius 1 is 1.16 bits per heavy atom. The lowest BCUT2D eigenvalue weighted by molar-refractivity contribution is -0.00904. The van der Waals surface area contributed by atoms with Gasteiger partial charge >= 0.3 is 5.69 Å². The summed E-state index contributed by atoms with van der Waals surface area (Å²) in [4.78, 5) is 29.6. The molecule has 5 heterocycles. The molecule has 0 spiro atoms. The number of halogens is 3. The van der Waals surface area contributed by atoms with Crippen molar-refractivity contribution in [1.82, 2.24) is 24.8 Å². The summed E-state index contributed by atoms with van der Waals surface area (Å²) in [5.74, 6) is -2.06. The van der Waals surface area contributed by atoms with E-state index in [2.05, 4.69) is 20.3 Å². The number of aromatic nitrogens is 4. The summed E-state index contributed by atoms with van der Waals surface area (Å²) in [5, 5.41) is 25.7. The van der Waals surface area contributed by atoms with Gasteiger partial charge in [0.15, 0.2) is 17.3 Å². The average molecular weight is 613 g/mol. The maximum atomic E-state index is 16.2. The molecule has 0 radical (unpaired) electrons. The Morgan fingerprint density at radius 3 is 2.67 bits per heavy atom. The van der Waals surface area contributed by atoms with E-state index in [4.69, 9.17) is 16.3 Å². The van der Waals surface area contributed by atoms with Gasteiger partial charge in [0, 0.05) is 36.9 Å². The molecule has 2 aliphatic rings. The number of rotatable bonds is 2. The third-order valence-corrected chi connectivity index (χ3v) is 8.27. The van der Waals surface area contributed by atoms with E-state index < -0.39 is 41.8 Å². The second kappa shape index (κ2) is 11.1. The van der Waals surface area contributed by atoms with Crippen LogP contribution in [0.15, 0.2) is 35.3 Å². The van der Waals surface area contributed by atoms with Gasteiger partial charge in [0.05, 0.1) is 27.4 Å². The zero-order valence-corrected chi connectivity index (χ0v) is 24.7. The van der Waals surface area contributed by atoms with E-state index in [1.807, 2.05) is 32.6 Å². The predicted molar refractivity (Wildman–Crippen MR) is 158 cm³/mol. The smallest absolute Gasteiger partial charge is 0.355 e. The number of fused-ring (bicyclic) bond motifs is 5. The highest BCUT2D eigenvalue weighted by Crippen LogP contribution is 2.40. The SMILES string of the molecule is CC(C)c1nccc2c1-n1c(=O)nc(N3C[C@@H](C)NC[C@@H]3C)c3cc(F)c(nc31)-c1c(ccc(Cl)c1F)OCC(O)C2O. The topological polar surface area (TPSA) is 126 Å². The van der Waals surface area contributed by atoms with E-state index in [1.165, 1.54) is 30.5 Å². The minimum absolute atomic E-state index is 0.0338. The van der Waals surface area contributed by atoms with Gasteiger partial charge in [-0.05, 0) is 44.0 Å². The first-order chi connectivity index (χ1) is 20.5. The lowest BCUT2D eigenvalue weighted by Gasteiger charge is -2.39. The first-order valence-corrected chi connectivity index (χ1v) is 14.5. The van der Waals surface area contributed by atoms with Crippen molar-refractivity contribution in [3.05, 3.63) is 68.9 Å². The number of hydrogen-bond donors (Lipinski definition) is 3. The van der Waals surface area contributed by atoms with Gasteiger partial charge in [0.1, 0.15) is 36.1 Å². The molecule has 2 aliphatic heterocycles. The van der Waals surface area contributed by atoms with Gasteiger partial charge in [0.2, 0.25) is 0 Å². The molecule has 2 unspecified atom stereocenters. The molecule has 2 bridgehead atoms. The molecule has 0 amide bonds. The van der Waals surface area contributed by atoms with Crippen LogP contribution in [0.2, 0.25) is 5.02 Å². The van der Waals surface area contributed by atoms with E-state index in [1.54, 1.807) is 0 Å². The van der Waals surface area contributed by atoms with Crippen molar-refractivity contribution in [3.63, 3.8) is 0 Å². The highest BCUT2D eigenvalue weighted by molar-refractivity contribution is 6.31. The summed E-state index contributed by atoms with van der Waals surface area (Å²) in [6, 6.07) is 5.20. The molecular weight excluding hydrogens is 582 g/mol. The number of pyridine rings is 2. The largest absolute Gasteiger partial charge is 0.490 e. The molecule has 10 nitrogen and oxygen atoms in total. The molecular formula is C30H31ClF2N6O4. The number of nitrogens with one attached hydrogen (secondary N) is 1. The van der Waals surface area contributed by atoms with E-state index in [9.17, 15) is 15.0 Å². The van der Waals surface area contributed by atoms with Crippen LogP contribution in [0.5, 0.6) is 5.75 Å². The second-order valence-electron chi connectivity index (χ2n) is 11.4. The fourth-order valence-electron chi connectivity index (χ4n) is 5.76. The first-order valence-electron chi connectivity index (χ1n) is 14.1. The third-order valence-electron chi connectivity index (χ3n) is 7.98. The Labute approximate surface area is 250 Å². The molecule has 0 aliphatic carbocycles. The number of piperazine rings is 1. The van der Waals surface area contributed by atoms with Crippen LogP contribution in [0.3, 0.4) is 0 Å². The number of hydrogen-bond acceptors (Lipinski definition) is 9. The predicted octanol–water partition coefficient (Wildman–Crippen LogP) is 3.87. The van der Waals surface area contributed by atoms with Crippen molar-refractivity contribution in [3.8, 4) is 22.7 Å². The van der Waals surface area contributed by atoms with E-state index in [0.29, 0.717) is 18.8 Å². The fourth-order valence-corrected chi connectivity index (χ4v) is 5.91. The Balaban J connectivity index is 1.80. The van der Waals surface area contributed by atoms with Crippen LogP contribution >= 0.6 is 11.6 Å². The third kappa shape index (κ3) is 4.92. The lowest BCUT2D eigenvalue weighted by atomic mass is 9.97. The number of ether oxygens (including phenoxy) is 1. The van der Waals surface area contributed by atoms with Crippen LogP contribution in [0.25, 0.3) is 28.0 Å². The summed E-state index contributed by atoms with van der Waals surface area (Å²) in [5.41, 5.74) is -0.888. The van der Waals surface area contributed by atoms with Gasteiger partial charge < -0.3 is 25.2 Å². The Kier molecular flexibility index (Phi) is 7.57. The number of aliphatic hydroxyl groups excluding tert-OH is 2. The second-order valence-corrected chi connectivity index (χ2v) is 11.8. The molecule has 4 atom stereocenters. The zero-order valence-electron chi connectivity index (χ0n) is 24.0. The quantitative estimate of drug-likeness (QED) is 0.309. The molecule has 0 saturated carbocycles. The van der Waals surface area contributed by atoms with Crippen LogP contribution in [0, 0.1) is 11.6 Å². The molecule has 226 valence electrons. The van der Waals surface area contributed by atoms with Gasteiger partial charge in [-0.3, -0.25) is 4.98 Å². The van der Waals surface area contributed by atoms with Crippen LogP contribution < -0.4 is 20.6 Å². The number of aliphatic hydroxyl groups is 2. The van der Waals surface area contributed by atoms with Crippen molar-refractivity contribution < 1.29 is 23.7 Å². The van der Waals surface area contributed by atoms with Crippen molar-refractivity contribution in [2.24, 2.45) is 0 Å². The molecule has 1 saturated heterocycles. The van der Waals surface area contributed by atoms with Gasteiger partial charge in [-0.2, -0.15) is 4.98 Å². The van der Waals surface area contributed by atoms with Crippen LogP contribution in [0.1, 0.15) is 51.0 Å². The number of nitrogens with zero attached hydrogens (tertiary/aromatic N) is 5. The summed E-state index contributed by atoms with van der Waals surface area (Å²) in [6.45, 7) is 8.26. The number of anilines is 1. The molecule has 3 N–H and O–H groups in total. The Bertz CT molecular complexity index is 1800. The highest BCUT2D eigenvalue weighted by Gasteiger charge is 2.33. The maximum absolute atomic E-state index is 16.2. The zero-order chi connectivity index (χ0) is 30.7. The van der Waals surface area contributed by atoms with Crippen molar-refractivity contribution in [2.45, 2.75) is 57.9 Å². The minimum atomic E-state index is -1.55. The van der Waals surface area contributed by atoms with Gasteiger partial charge in [-0.25, -0.2) is 23.1 Å². The van der Waals surface area contributed by atoms with Gasteiger partial charge in [0.25, 0.3) is 0 Å². The summed E-state index contributed by atoms with van der Waals surface area (Å²) >= 11 is 6.11. The molecule has 4 aromatic rings. The first kappa shape index (κ1) is 29.4. The monoisotopic (exact) mass is 612 g/mol. The molecule has 13 heteroatoms. The average Bonchev–Trinajstić information content (AvgIpc) is 2.97. The standard InChI is InChI=1S/C30H31ClF2N6O4/c1-13(2)24-26-16(7-8-34-24)27(41)20(40)12-43-21-6-5-18(31)23(33)22(21)25-19(32)9-17-28(37-30(42)39(26)29(17)36-25)38-11-14(3)35-10-15(38)4/h5-9,13-15,20,27,35,40-41H,10-12H2,1-4H3/t14-,15+,20?,27?/m1/s1. The maximum Gasteiger partial charge on any atom is 0.355 e. The Hall–Kier alpha value is -3.71. The lowest BCUT2D eigenvalue weighted by Crippen LogP contribution is -2.55. The van der Waals surface area contributed by atoms with Crippen LogP contribution in [-0.2, 0) is 0 Å². The summed E-state index contributed by atoms with van der Waals surface area (Å²) in [7, 11) is 0. The molecule has 1 fully saturated rings. The molecule has 6 rings (SSSR count). The summed E-state index contributed by atoms with van der Waals surface area (Å²) < 4.78 is 38.7. The van der Waals surface area contributed by atoms with Crippen molar-refractivity contribution in [2.75, 3.05) is 24.6 Å². The number of benzene rings is 1. The minimum Gasteiger partial charge on any atom is -0.490 e. The summed E-state index contributed by atoms with van der Waals surface area (Å²) in [6.07, 6.45) is -1.60. The van der Waals surface area contributed by atoms with Crippen molar-refractivity contribution in [1.29, 1.82) is 0 Å². The van der Waals surface area contributed by atoms with Crippen LogP contribution in [0.4, 0.5) is 14.6 Å². The molecule has 1 aromatic carbocycles. The normalized spacial score (nSPS) is 22.1. The van der Waals surface area contributed by atoms with Gasteiger partial charge in [-0.1, -0.05) is 25.4 Å². The fraction of sp³-hybridized carbons (Fsp3) is 0.400. The molecule has 43 heavy (non-hydrogen) atoms. The van der Waals surface area contributed by atoms with E-state index in [-0.39, 0.29) is 62.4 Å². The van der Waals surface area contributed by atoms with Gasteiger partial charge in [-0.15, -0.1) is 0 Å². The highest BCUT2D eigenvalue weighted by atomic mass is 35.5. The van der Waals surface area contributed by atoms with E-state index >= 15 is 8.78 Å². The Morgan fingerprint density at radius 2 is 1.93 bits per heavy atom. The van der Waals surface area contributed by atoms with Crippen LogP contribution in [-0.4, -0.2) is 67.6 Å². The van der Waals surface area contributed by atoms with Crippen molar-refractivity contribution >= 4 is 28.5 Å². The van der Waals surface area contributed by atoms with E-state index in [0.717, 1.165) is 4.57 Å².